The van der Waals surface area contributed by atoms with Crippen molar-refractivity contribution in [2.45, 2.75) is 25.1 Å². The van der Waals surface area contributed by atoms with Gasteiger partial charge in [-0.2, -0.15) is 0 Å². The number of aliphatic hydroxyl groups is 1. The molecule has 6 heteroatoms. The number of amides is 1. The first-order chi connectivity index (χ1) is 5.61. The molecule has 0 aromatic heterocycles. The van der Waals surface area contributed by atoms with E-state index in [4.69, 9.17) is 11.5 Å². The van der Waals surface area contributed by atoms with Gasteiger partial charge in [-0.25, -0.2) is 0 Å². The molecule has 1 heterocycles. The Bertz CT molecular complexity index is 179. The molecule has 0 spiro atoms. The molecule has 5 nitrogen and oxygen atoms in total. The Morgan fingerprint density at radius 1 is 1.69 bits per heavy atom. The Labute approximate surface area is 83.3 Å². The summed E-state index contributed by atoms with van der Waals surface area (Å²) in [7, 11) is 0. The van der Waals surface area contributed by atoms with E-state index >= 15 is 0 Å². The van der Waals surface area contributed by atoms with Gasteiger partial charge in [0.25, 0.3) is 0 Å². The number of aliphatic hydroxyl groups excluding tert-OH is 1. The molecule has 1 saturated heterocycles. The minimum Gasteiger partial charge on any atom is -0.378 e. The third-order valence-electron chi connectivity index (χ3n) is 2.24. The molecule has 0 saturated carbocycles. The summed E-state index contributed by atoms with van der Waals surface area (Å²) in [5.41, 5.74) is 10.4. The Morgan fingerprint density at radius 3 is 2.69 bits per heavy atom. The molecular weight excluding hydrogens is 194 g/mol. The van der Waals surface area contributed by atoms with Crippen LogP contribution in [0.25, 0.3) is 0 Å². The van der Waals surface area contributed by atoms with Crippen molar-refractivity contribution in [3.63, 3.8) is 0 Å². The number of rotatable bonds is 3. The molecule has 6 N–H and O–H groups in total. The molecule has 0 radical (unpaired) electrons. The molecule has 0 unspecified atom stereocenters. The molecule has 1 amide bonds. The Morgan fingerprint density at radius 2 is 2.31 bits per heavy atom. The smallest absolute Gasteiger partial charge is 0.234 e. The van der Waals surface area contributed by atoms with Crippen molar-refractivity contribution in [3.05, 3.63) is 0 Å². The topological polar surface area (TPSA) is 101 Å². The SMILES string of the molecule is Cl.NC(=O)[C@@H](N)C[C@@H]1CCN[C@H]1O. The highest BCUT2D eigenvalue weighted by Crippen LogP contribution is 2.18. The standard InChI is InChI=1S/C7H15N3O2.ClH/c8-5(6(9)11)3-4-1-2-10-7(4)12;/h4-5,7,10,12H,1-3,8H2,(H2,9,11);1H/t4-,5-,7-;/m0./s1. The van der Waals surface area contributed by atoms with Crippen LogP contribution in [0.3, 0.4) is 0 Å². The summed E-state index contributed by atoms with van der Waals surface area (Å²) in [5.74, 6) is -0.443. The van der Waals surface area contributed by atoms with Gasteiger partial charge in [0, 0.05) is 5.92 Å². The van der Waals surface area contributed by atoms with Gasteiger partial charge in [-0.05, 0) is 19.4 Å². The van der Waals surface area contributed by atoms with Crippen LogP contribution in [0.1, 0.15) is 12.8 Å². The normalized spacial score (nSPS) is 29.4. The maximum absolute atomic E-state index is 10.6. The molecule has 0 aromatic rings. The number of halogens is 1. The van der Waals surface area contributed by atoms with Gasteiger partial charge < -0.3 is 16.6 Å². The molecule has 1 aliphatic heterocycles. The third-order valence-corrected chi connectivity index (χ3v) is 2.24. The van der Waals surface area contributed by atoms with Crippen LogP contribution in [0.15, 0.2) is 0 Å². The Balaban J connectivity index is 0.00000144. The molecule has 0 aromatic carbocycles. The number of nitrogens with one attached hydrogen (secondary N) is 1. The van der Waals surface area contributed by atoms with Crippen molar-refractivity contribution in [2.24, 2.45) is 17.4 Å². The van der Waals surface area contributed by atoms with E-state index in [9.17, 15) is 9.90 Å². The van der Waals surface area contributed by atoms with Gasteiger partial charge in [0.2, 0.25) is 5.91 Å². The average molecular weight is 210 g/mol. The van der Waals surface area contributed by atoms with Gasteiger partial charge in [-0.15, -0.1) is 12.4 Å². The zero-order chi connectivity index (χ0) is 9.14. The van der Waals surface area contributed by atoms with E-state index in [1.165, 1.54) is 0 Å². The predicted octanol–water partition coefficient (Wildman–Crippen LogP) is -1.46. The fourth-order valence-electron chi connectivity index (χ4n) is 1.43. The lowest BCUT2D eigenvalue weighted by molar-refractivity contribution is -0.119. The highest BCUT2D eigenvalue weighted by Gasteiger charge is 2.27. The van der Waals surface area contributed by atoms with Crippen molar-refractivity contribution < 1.29 is 9.90 Å². The largest absolute Gasteiger partial charge is 0.378 e. The number of primary amides is 1. The maximum atomic E-state index is 10.6. The van der Waals surface area contributed by atoms with E-state index in [0.717, 1.165) is 13.0 Å². The van der Waals surface area contributed by atoms with Crippen LogP contribution in [-0.4, -0.2) is 29.8 Å². The van der Waals surface area contributed by atoms with Crippen LogP contribution in [0.4, 0.5) is 0 Å². The highest BCUT2D eigenvalue weighted by atomic mass is 35.5. The minimum absolute atomic E-state index is 0. The van der Waals surface area contributed by atoms with Crippen LogP contribution in [0, 0.1) is 5.92 Å². The lowest BCUT2D eigenvalue weighted by Gasteiger charge is -2.16. The maximum Gasteiger partial charge on any atom is 0.234 e. The predicted molar refractivity (Wildman–Crippen MR) is 51.2 cm³/mol. The summed E-state index contributed by atoms with van der Waals surface area (Å²) >= 11 is 0. The molecule has 1 fully saturated rings. The molecule has 78 valence electrons. The quantitative estimate of drug-likeness (QED) is 0.456. The van der Waals surface area contributed by atoms with Crippen LogP contribution in [0.5, 0.6) is 0 Å². The van der Waals surface area contributed by atoms with E-state index < -0.39 is 18.2 Å². The van der Waals surface area contributed by atoms with Crippen LogP contribution in [-0.2, 0) is 4.79 Å². The number of carbonyl (C=O) groups is 1. The summed E-state index contributed by atoms with van der Waals surface area (Å²) < 4.78 is 0. The summed E-state index contributed by atoms with van der Waals surface area (Å²) in [6.45, 7) is 0.775. The highest BCUT2D eigenvalue weighted by molar-refractivity contribution is 5.85. The van der Waals surface area contributed by atoms with Crippen LogP contribution >= 0.6 is 12.4 Å². The Hall–Kier alpha value is -0.360. The van der Waals surface area contributed by atoms with Gasteiger partial charge in [-0.1, -0.05) is 0 Å². The lowest BCUT2D eigenvalue weighted by atomic mass is 9.98. The molecule has 1 aliphatic rings. The van der Waals surface area contributed by atoms with E-state index in [0.29, 0.717) is 6.42 Å². The summed E-state index contributed by atoms with van der Waals surface area (Å²) in [6.07, 6.45) is 0.779. The van der Waals surface area contributed by atoms with E-state index in [1.54, 1.807) is 0 Å². The summed E-state index contributed by atoms with van der Waals surface area (Å²) in [4.78, 5) is 10.6. The zero-order valence-electron chi connectivity index (χ0n) is 7.27. The first-order valence-electron chi connectivity index (χ1n) is 4.07. The molecular formula is C7H16ClN3O2. The van der Waals surface area contributed by atoms with Gasteiger partial charge in [0.15, 0.2) is 0 Å². The molecule has 13 heavy (non-hydrogen) atoms. The minimum atomic E-state index is -0.635. The first kappa shape index (κ1) is 12.6. The van der Waals surface area contributed by atoms with Gasteiger partial charge in [0.05, 0.1) is 6.04 Å². The molecule has 0 bridgehead atoms. The van der Waals surface area contributed by atoms with Crippen molar-refractivity contribution in [1.82, 2.24) is 5.32 Å². The third kappa shape index (κ3) is 3.48. The van der Waals surface area contributed by atoms with Gasteiger partial charge in [0.1, 0.15) is 6.23 Å². The van der Waals surface area contributed by atoms with E-state index in [1.807, 2.05) is 0 Å². The fraction of sp³-hybridized carbons (Fsp3) is 0.857. The van der Waals surface area contributed by atoms with E-state index in [2.05, 4.69) is 5.32 Å². The number of hydrogen-bond donors (Lipinski definition) is 4. The van der Waals surface area contributed by atoms with Crippen LogP contribution in [0.2, 0.25) is 0 Å². The lowest BCUT2D eigenvalue weighted by Crippen LogP contribution is -2.40. The molecule has 1 rings (SSSR count). The zero-order valence-corrected chi connectivity index (χ0v) is 8.09. The van der Waals surface area contributed by atoms with Gasteiger partial charge >= 0.3 is 0 Å². The monoisotopic (exact) mass is 209 g/mol. The van der Waals surface area contributed by atoms with Gasteiger partial charge in [-0.3, -0.25) is 10.1 Å². The second kappa shape index (κ2) is 5.39. The van der Waals surface area contributed by atoms with Crippen molar-refractivity contribution in [2.75, 3.05) is 6.54 Å². The Kier molecular flexibility index (Phi) is 5.24. The van der Waals surface area contributed by atoms with Crippen molar-refractivity contribution >= 4 is 18.3 Å². The van der Waals surface area contributed by atoms with E-state index in [-0.39, 0.29) is 18.3 Å². The second-order valence-corrected chi connectivity index (χ2v) is 3.19. The number of nitrogens with two attached hydrogens (primary N) is 2. The summed E-state index contributed by atoms with van der Waals surface area (Å²) in [6, 6.07) is -0.635. The van der Waals surface area contributed by atoms with Crippen molar-refractivity contribution in [3.8, 4) is 0 Å². The second-order valence-electron chi connectivity index (χ2n) is 3.19. The first-order valence-corrected chi connectivity index (χ1v) is 4.07. The number of carbonyl (C=O) groups excluding carboxylic acids is 1. The van der Waals surface area contributed by atoms with Crippen LogP contribution < -0.4 is 16.8 Å². The number of hydrogen-bond acceptors (Lipinski definition) is 4. The summed E-state index contributed by atoms with van der Waals surface area (Å²) in [5, 5.41) is 12.2. The average Bonchev–Trinajstić information content (AvgIpc) is 2.36. The molecule has 0 aliphatic carbocycles. The fourth-order valence-corrected chi connectivity index (χ4v) is 1.43. The van der Waals surface area contributed by atoms with Crippen molar-refractivity contribution in [1.29, 1.82) is 0 Å². The molecule has 3 atom stereocenters.